The van der Waals surface area contributed by atoms with Crippen molar-refractivity contribution in [1.82, 2.24) is 10.9 Å². The lowest BCUT2D eigenvalue weighted by molar-refractivity contribution is -0.122. The first-order valence-corrected chi connectivity index (χ1v) is 6.47. The predicted molar refractivity (Wildman–Crippen MR) is 76.3 cm³/mol. The van der Waals surface area contributed by atoms with Gasteiger partial charge in [0.25, 0.3) is 5.91 Å². The molecule has 1 unspecified atom stereocenters. The second-order valence-electron chi connectivity index (χ2n) is 4.10. The quantitative estimate of drug-likeness (QED) is 0.559. The van der Waals surface area contributed by atoms with E-state index in [1.54, 1.807) is 19.1 Å². The van der Waals surface area contributed by atoms with Gasteiger partial charge >= 0.3 is 0 Å². The Kier molecular flexibility index (Phi) is 4.14. The van der Waals surface area contributed by atoms with Crippen LogP contribution in [0.25, 0.3) is 0 Å². The standard InChI is InChI=1S/C12H11BrN4O3/c1-6-10(15-17-11(6)19)12(20)16-14-5-7-4-8(13)2-3-9(7)18/h2-6,18H,1H3,(H,16,20)(H,17,19). The summed E-state index contributed by atoms with van der Waals surface area (Å²) < 4.78 is 0.770. The van der Waals surface area contributed by atoms with E-state index in [0.717, 1.165) is 4.47 Å². The zero-order valence-corrected chi connectivity index (χ0v) is 12.0. The predicted octanol–water partition coefficient (Wildman–Crippen LogP) is 0.727. The summed E-state index contributed by atoms with van der Waals surface area (Å²) in [6.07, 6.45) is 1.30. The van der Waals surface area contributed by atoms with Crippen LogP contribution >= 0.6 is 15.9 Å². The average molecular weight is 339 g/mol. The van der Waals surface area contributed by atoms with Gasteiger partial charge in [-0.3, -0.25) is 9.59 Å². The second kappa shape index (κ2) is 5.83. The van der Waals surface area contributed by atoms with Crippen molar-refractivity contribution in [2.45, 2.75) is 6.92 Å². The molecule has 1 aliphatic rings. The minimum atomic E-state index is -0.607. The third kappa shape index (κ3) is 3.02. The average Bonchev–Trinajstić information content (AvgIpc) is 2.74. The van der Waals surface area contributed by atoms with Gasteiger partial charge in [-0.25, -0.2) is 10.9 Å². The number of carbonyl (C=O) groups is 2. The maximum atomic E-state index is 11.7. The third-order valence-corrected chi connectivity index (χ3v) is 3.18. The number of hydrogen-bond acceptors (Lipinski definition) is 5. The Morgan fingerprint density at radius 1 is 1.60 bits per heavy atom. The van der Waals surface area contributed by atoms with Crippen LogP contribution in [-0.4, -0.2) is 28.8 Å². The molecule has 0 spiro atoms. The van der Waals surface area contributed by atoms with Crippen LogP contribution in [0.4, 0.5) is 0 Å². The van der Waals surface area contributed by atoms with E-state index < -0.39 is 11.8 Å². The second-order valence-corrected chi connectivity index (χ2v) is 5.01. The lowest BCUT2D eigenvalue weighted by Crippen LogP contribution is -2.32. The van der Waals surface area contributed by atoms with Gasteiger partial charge in [0, 0.05) is 10.0 Å². The molecule has 0 aromatic heterocycles. The Labute approximate surface area is 122 Å². The highest BCUT2D eigenvalue weighted by molar-refractivity contribution is 9.10. The first-order valence-electron chi connectivity index (χ1n) is 5.68. The topological polar surface area (TPSA) is 103 Å². The van der Waals surface area contributed by atoms with Gasteiger partial charge in [-0.1, -0.05) is 15.9 Å². The van der Waals surface area contributed by atoms with Crippen LogP contribution in [0.1, 0.15) is 12.5 Å². The number of nitrogens with zero attached hydrogens (tertiary/aromatic N) is 2. The molecule has 0 saturated carbocycles. The number of phenols is 1. The fraction of sp³-hybridized carbons (Fsp3) is 0.167. The fourth-order valence-corrected chi connectivity index (χ4v) is 1.91. The summed E-state index contributed by atoms with van der Waals surface area (Å²) in [4.78, 5) is 22.9. The van der Waals surface area contributed by atoms with E-state index in [4.69, 9.17) is 0 Å². The number of hydrogen-bond donors (Lipinski definition) is 3. The van der Waals surface area contributed by atoms with Crippen molar-refractivity contribution in [2.24, 2.45) is 16.1 Å². The molecule has 1 aliphatic heterocycles. The fourth-order valence-electron chi connectivity index (χ4n) is 1.53. The van der Waals surface area contributed by atoms with Crippen LogP contribution in [0.15, 0.2) is 32.9 Å². The number of hydrazone groups is 2. The largest absolute Gasteiger partial charge is 0.507 e. The SMILES string of the molecule is CC1C(=O)NN=C1C(=O)NN=Cc1cc(Br)ccc1O. The summed E-state index contributed by atoms with van der Waals surface area (Å²) >= 11 is 3.26. The van der Waals surface area contributed by atoms with Crippen molar-refractivity contribution in [3.63, 3.8) is 0 Å². The lowest BCUT2D eigenvalue weighted by atomic mass is 10.1. The minimum absolute atomic E-state index is 0.0367. The normalized spacial score (nSPS) is 18.0. The molecule has 20 heavy (non-hydrogen) atoms. The molecule has 2 rings (SSSR count). The van der Waals surface area contributed by atoms with Crippen molar-refractivity contribution < 1.29 is 14.7 Å². The van der Waals surface area contributed by atoms with E-state index in [1.807, 2.05) is 0 Å². The van der Waals surface area contributed by atoms with E-state index in [9.17, 15) is 14.7 Å². The zero-order chi connectivity index (χ0) is 14.7. The van der Waals surface area contributed by atoms with Crippen molar-refractivity contribution >= 4 is 39.7 Å². The Bertz CT molecular complexity index is 627. The molecule has 104 valence electrons. The highest BCUT2D eigenvalue weighted by Gasteiger charge is 2.30. The Hall–Kier alpha value is -2.22. The van der Waals surface area contributed by atoms with Crippen LogP contribution in [0.3, 0.4) is 0 Å². The maximum Gasteiger partial charge on any atom is 0.288 e. The van der Waals surface area contributed by atoms with E-state index in [-0.39, 0.29) is 17.4 Å². The first kappa shape index (κ1) is 14.2. The van der Waals surface area contributed by atoms with Gasteiger partial charge in [0.15, 0.2) is 0 Å². The maximum absolute atomic E-state index is 11.7. The number of benzene rings is 1. The van der Waals surface area contributed by atoms with Crippen LogP contribution in [-0.2, 0) is 9.59 Å². The molecule has 0 fully saturated rings. The molecule has 1 aromatic rings. The molecule has 2 amide bonds. The molecular weight excluding hydrogens is 328 g/mol. The number of aromatic hydroxyl groups is 1. The summed E-state index contributed by atoms with van der Waals surface area (Å²) in [5, 5.41) is 16.9. The van der Waals surface area contributed by atoms with Gasteiger partial charge in [0.2, 0.25) is 5.91 Å². The molecule has 0 saturated heterocycles. The molecule has 1 heterocycles. The van der Waals surface area contributed by atoms with Crippen LogP contribution in [0, 0.1) is 5.92 Å². The molecule has 1 atom stereocenters. The summed E-state index contributed by atoms with van der Waals surface area (Å²) in [5.41, 5.74) is 4.98. The molecule has 0 bridgehead atoms. The van der Waals surface area contributed by atoms with Crippen molar-refractivity contribution in [2.75, 3.05) is 0 Å². The molecule has 0 aliphatic carbocycles. The number of halogens is 1. The number of nitrogens with one attached hydrogen (secondary N) is 2. The van der Waals surface area contributed by atoms with Gasteiger partial charge in [-0.2, -0.15) is 10.2 Å². The smallest absolute Gasteiger partial charge is 0.288 e. The Balaban J connectivity index is 2.02. The summed E-state index contributed by atoms with van der Waals surface area (Å²) in [7, 11) is 0. The monoisotopic (exact) mass is 338 g/mol. The minimum Gasteiger partial charge on any atom is -0.507 e. The van der Waals surface area contributed by atoms with E-state index in [0.29, 0.717) is 5.56 Å². The van der Waals surface area contributed by atoms with Gasteiger partial charge in [-0.05, 0) is 25.1 Å². The van der Waals surface area contributed by atoms with Crippen molar-refractivity contribution in [3.05, 3.63) is 28.2 Å². The third-order valence-electron chi connectivity index (χ3n) is 2.68. The number of rotatable bonds is 3. The van der Waals surface area contributed by atoms with Crippen LogP contribution in [0.2, 0.25) is 0 Å². The number of amides is 2. The highest BCUT2D eigenvalue weighted by Crippen LogP contribution is 2.19. The number of phenolic OH excluding ortho intramolecular Hbond substituents is 1. The van der Waals surface area contributed by atoms with E-state index >= 15 is 0 Å². The first-order chi connectivity index (χ1) is 9.49. The highest BCUT2D eigenvalue weighted by atomic mass is 79.9. The van der Waals surface area contributed by atoms with Crippen LogP contribution in [0.5, 0.6) is 5.75 Å². The van der Waals surface area contributed by atoms with Crippen LogP contribution < -0.4 is 10.9 Å². The van der Waals surface area contributed by atoms with E-state index in [1.165, 1.54) is 12.3 Å². The Morgan fingerprint density at radius 3 is 3.00 bits per heavy atom. The molecule has 7 nitrogen and oxygen atoms in total. The molecule has 0 radical (unpaired) electrons. The van der Waals surface area contributed by atoms with E-state index in [2.05, 4.69) is 37.0 Å². The molecular formula is C12H11BrN4O3. The van der Waals surface area contributed by atoms with Crippen molar-refractivity contribution in [1.29, 1.82) is 0 Å². The summed E-state index contributed by atoms with van der Waals surface area (Å²) in [6, 6.07) is 4.82. The Morgan fingerprint density at radius 2 is 2.35 bits per heavy atom. The van der Waals surface area contributed by atoms with Gasteiger partial charge in [0.1, 0.15) is 11.5 Å². The summed E-state index contributed by atoms with van der Waals surface area (Å²) in [6.45, 7) is 1.57. The van der Waals surface area contributed by atoms with Gasteiger partial charge in [0.05, 0.1) is 12.1 Å². The molecule has 8 heteroatoms. The van der Waals surface area contributed by atoms with Gasteiger partial charge < -0.3 is 5.11 Å². The number of carbonyl (C=O) groups excluding carboxylic acids is 2. The molecule has 1 aromatic carbocycles. The summed E-state index contributed by atoms with van der Waals surface area (Å²) in [5.74, 6) is -1.47. The van der Waals surface area contributed by atoms with Crippen molar-refractivity contribution in [3.8, 4) is 5.75 Å². The zero-order valence-electron chi connectivity index (χ0n) is 10.4. The lowest BCUT2D eigenvalue weighted by Gasteiger charge is -2.02. The van der Waals surface area contributed by atoms with Gasteiger partial charge in [-0.15, -0.1) is 0 Å². The molecule has 3 N–H and O–H groups in total.